The molecule has 0 aliphatic rings. The van der Waals surface area contributed by atoms with Crippen LogP contribution in [0.15, 0.2) is 42.7 Å². The maximum Gasteiger partial charge on any atom is 0.166 e. The fourth-order valence-corrected chi connectivity index (χ4v) is 5.90. The van der Waals surface area contributed by atoms with Crippen LogP contribution < -0.4 is 0 Å². The van der Waals surface area contributed by atoms with E-state index in [4.69, 9.17) is 0 Å². The lowest BCUT2D eigenvalue weighted by Gasteiger charge is -2.34. The number of hydrogen-bond acceptors (Lipinski definition) is 2. The van der Waals surface area contributed by atoms with E-state index in [-0.39, 0.29) is 6.42 Å². The second-order valence-electron chi connectivity index (χ2n) is 10.7. The van der Waals surface area contributed by atoms with E-state index in [0.29, 0.717) is 32.1 Å². The van der Waals surface area contributed by atoms with Crippen LogP contribution in [0.3, 0.4) is 0 Å². The molecular formula is C31H34F4N2. The van der Waals surface area contributed by atoms with E-state index in [0.717, 1.165) is 27.4 Å². The SMILES string of the molecule is CCCC(C)(CC)c1c(F)c(F)c(C(C)(CCC)Cc2cnc3c(ccc4cccnc43)c2)c(F)c1F. The van der Waals surface area contributed by atoms with Gasteiger partial charge >= 0.3 is 0 Å². The van der Waals surface area contributed by atoms with E-state index in [1.807, 2.05) is 44.2 Å². The number of rotatable bonds is 9. The summed E-state index contributed by atoms with van der Waals surface area (Å²) < 4.78 is 62.7. The zero-order valence-electron chi connectivity index (χ0n) is 22.2. The molecule has 4 aromatic rings. The zero-order chi connectivity index (χ0) is 27.0. The van der Waals surface area contributed by atoms with Gasteiger partial charge in [-0.2, -0.15) is 0 Å². The fraction of sp³-hybridized carbons (Fsp3) is 0.419. The number of halogens is 4. The van der Waals surface area contributed by atoms with Crippen molar-refractivity contribution < 1.29 is 17.6 Å². The molecule has 4 rings (SSSR count). The van der Waals surface area contributed by atoms with Crippen molar-refractivity contribution in [2.45, 2.75) is 84.0 Å². The van der Waals surface area contributed by atoms with Crippen LogP contribution in [0.1, 0.15) is 83.4 Å². The van der Waals surface area contributed by atoms with Crippen LogP contribution >= 0.6 is 0 Å². The van der Waals surface area contributed by atoms with Gasteiger partial charge in [0.2, 0.25) is 0 Å². The van der Waals surface area contributed by atoms with Crippen molar-refractivity contribution >= 4 is 21.8 Å². The Kier molecular flexibility index (Phi) is 7.59. The molecule has 2 atom stereocenters. The zero-order valence-corrected chi connectivity index (χ0v) is 22.2. The molecule has 2 heterocycles. The van der Waals surface area contributed by atoms with Crippen LogP contribution in [0, 0.1) is 23.3 Å². The highest BCUT2D eigenvalue weighted by molar-refractivity contribution is 6.02. The summed E-state index contributed by atoms with van der Waals surface area (Å²) >= 11 is 0. The predicted molar refractivity (Wildman–Crippen MR) is 142 cm³/mol. The van der Waals surface area contributed by atoms with Gasteiger partial charge in [0.15, 0.2) is 23.3 Å². The van der Waals surface area contributed by atoms with E-state index < -0.39 is 45.2 Å². The summed E-state index contributed by atoms with van der Waals surface area (Å²) in [5.41, 5.74) is -0.959. The highest BCUT2D eigenvalue weighted by atomic mass is 19.2. The van der Waals surface area contributed by atoms with Crippen molar-refractivity contribution in [3.63, 3.8) is 0 Å². The Labute approximate surface area is 216 Å². The molecule has 2 aromatic heterocycles. The first-order valence-electron chi connectivity index (χ1n) is 13.1. The quantitative estimate of drug-likeness (QED) is 0.127. The average molecular weight is 511 g/mol. The van der Waals surface area contributed by atoms with Gasteiger partial charge in [-0.1, -0.05) is 65.7 Å². The molecule has 196 valence electrons. The Morgan fingerprint density at radius 1 is 0.703 bits per heavy atom. The molecule has 0 fully saturated rings. The second kappa shape index (κ2) is 10.4. The van der Waals surface area contributed by atoms with Crippen molar-refractivity contribution in [3.05, 3.63) is 82.7 Å². The molecule has 0 aliphatic carbocycles. The summed E-state index contributed by atoms with van der Waals surface area (Å²) in [5, 5.41) is 1.80. The van der Waals surface area contributed by atoms with Crippen molar-refractivity contribution in [2.75, 3.05) is 0 Å². The standard InChI is InChI=1S/C31H34F4N2/c1-6-13-30(4,8-3)22-24(32)26(34)23(27(35)25(22)33)31(5,14-7-2)17-19-16-21-12-11-20-10-9-15-36-28(20)29(21)37-18-19/h9-12,15-16,18H,6-8,13-14,17H2,1-5H3. The molecule has 0 saturated heterocycles. The summed E-state index contributed by atoms with van der Waals surface area (Å²) in [6.07, 6.45) is 5.90. The lowest BCUT2D eigenvalue weighted by atomic mass is 9.71. The van der Waals surface area contributed by atoms with Crippen molar-refractivity contribution in [2.24, 2.45) is 0 Å². The highest BCUT2D eigenvalue weighted by Gasteiger charge is 2.41. The number of nitrogens with zero attached hydrogens (tertiary/aromatic N) is 2. The van der Waals surface area contributed by atoms with Gasteiger partial charge in [-0.15, -0.1) is 0 Å². The third kappa shape index (κ3) is 4.71. The third-order valence-electron chi connectivity index (χ3n) is 7.93. The molecule has 2 nitrogen and oxygen atoms in total. The predicted octanol–water partition coefficient (Wildman–Crippen LogP) is 9.11. The summed E-state index contributed by atoms with van der Waals surface area (Å²) in [5.74, 6) is -5.12. The molecule has 37 heavy (non-hydrogen) atoms. The first-order valence-corrected chi connectivity index (χ1v) is 13.1. The minimum absolute atomic E-state index is 0.177. The van der Waals surface area contributed by atoms with Gasteiger partial charge < -0.3 is 0 Å². The van der Waals surface area contributed by atoms with Gasteiger partial charge in [-0.05, 0) is 48.8 Å². The molecule has 0 N–H and O–H groups in total. The van der Waals surface area contributed by atoms with Gasteiger partial charge in [0.25, 0.3) is 0 Å². The molecule has 0 radical (unpaired) electrons. The minimum atomic E-state index is -1.29. The second-order valence-corrected chi connectivity index (χ2v) is 10.7. The molecule has 0 amide bonds. The number of hydrogen-bond donors (Lipinski definition) is 0. The van der Waals surface area contributed by atoms with E-state index in [1.165, 1.54) is 0 Å². The van der Waals surface area contributed by atoms with E-state index in [1.54, 1.807) is 33.2 Å². The molecule has 2 aromatic carbocycles. The molecule has 0 aliphatic heterocycles. The molecule has 0 spiro atoms. The topological polar surface area (TPSA) is 25.8 Å². The first-order chi connectivity index (χ1) is 17.6. The summed E-state index contributed by atoms with van der Waals surface area (Å²) in [4.78, 5) is 9.04. The van der Waals surface area contributed by atoms with Gasteiger partial charge in [-0.3, -0.25) is 9.97 Å². The molecular weight excluding hydrogens is 476 g/mol. The first kappa shape index (κ1) is 27.0. The number of fused-ring (bicyclic) bond motifs is 3. The van der Waals surface area contributed by atoms with E-state index >= 15 is 17.6 Å². The highest BCUT2D eigenvalue weighted by Crippen LogP contribution is 2.43. The van der Waals surface area contributed by atoms with E-state index in [9.17, 15) is 0 Å². The van der Waals surface area contributed by atoms with Crippen LogP contribution in [0.5, 0.6) is 0 Å². The lowest BCUT2D eigenvalue weighted by molar-refractivity contribution is 0.319. The summed E-state index contributed by atoms with van der Waals surface area (Å²) in [6, 6.07) is 9.61. The number of aromatic nitrogens is 2. The van der Waals surface area contributed by atoms with Crippen molar-refractivity contribution in [1.82, 2.24) is 9.97 Å². The van der Waals surface area contributed by atoms with E-state index in [2.05, 4.69) is 9.97 Å². The molecule has 2 unspecified atom stereocenters. The lowest BCUT2D eigenvalue weighted by Crippen LogP contribution is -2.32. The molecule has 0 bridgehead atoms. The Hall–Kier alpha value is -3.02. The average Bonchev–Trinajstić information content (AvgIpc) is 2.87. The Morgan fingerprint density at radius 2 is 1.24 bits per heavy atom. The fourth-order valence-electron chi connectivity index (χ4n) is 5.90. The Balaban J connectivity index is 1.84. The largest absolute Gasteiger partial charge is 0.254 e. The van der Waals surface area contributed by atoms with Crippen molar-refractivity contribution in [1.29, 1.82) is 0 Å². The summed E-state index contributed by atoms with van der Waals surface area (Å²) in [6.45, 7) is 8.90. The Morgan fingerprint density at radius 3 is 1.84 bits per heavy atom. The Bertz CT molecular complexity index is 1420. The van der Waals surface area contributed by atoms with Crippen LogP contribution in [0.2, 0.25) is 0 Å². The molecule has 6 heteroatoms. The van der Waals surface area contributed by atoms with Crippen LogP contribution in [0.4, 0.5) is 17.6 Å². The van der Waals surface area contributed by atoms with Gasteiger partial charge in [0, 0.05) is 39.7 Å². The van der Waals surface area contributed by atoms with Crippen molar-refractivity contribution in [3.8, 4) is 0 Å². The van der Waals surface area contributed by atoms with Gasteiger partial charge in [0.1, 0.15) is 0 Å². The van der Waals surface area contributed by atoms with Crippen LogP contribution in [-0.4, -0.2) is 9.97 Å². The maximum absolute atomic E-state index is 15.8. The third-order valence-corrected chi connectivity index (χ3v) is 7.93. The van der Waals surface area contributed by atoms with Crippen LogP contribution in [-0.2, 0) is 17.3 Å². The summed E-state index contributed by atoms with van der Waals surface area (Å²) in [7, 11) is 0. The number of pyridine rings is 2. The smallest absolute Gasteiger partial charge is 0.166 e. The minimum Gasteiger partial charge on any atom is -0.254 e. The van der Waals surface area contributed by atoms with Crippen LogP contribution in [0.25, 0.3) is 21.8 Å². The van der Waals surface area contributed by atoms with Gasteiger partial charge in [0.05, 0.1) is 11.0 Å². The normalized spacial score (nSPS) is 15.2. The van der Waals surface area contributed by atoms with Gasteiger partial charge in [-0.25, -0.2) is 17.6 Å². The number of benzene rings is 2. The maximum atomic E-state index is 15.8. The monoisotopic (exact) mass is 510 g/mol. The molecule has 0 saturated carbocycles.